The number of carbonyl (C=O) groups is 2. The molecular weight excluding hydrogens is 558 g/mol. The van der Waals surface area contributed by atoms with Gasteiger partial charge in [0.2, 0.25) is 5.76 Å². The van der Waals surface area contributed by atoms with E-state index in [2.05, 4.69) is 31.4 Å². The number of fused-ring (bicyclic) bond motifs is 1. The number of benzene rings is 3. The summed E-state index contributed by atoms with van der Waals surface area (Å²) >= 11 is 9.90. The van der Waals surface area contributed by atoms with Crippen LogP contribution in [0, 0.1) is 6.92 Å². The number of rotatable bonds is 6. The van der Waals surface area contributed by atoms with Crippen LogP contribution in [0.25, 0.3) is 22.0 Å². The van der Waals surface area contributed by atoms with Crippen molar-refractivity contribution in [2.45, 2.75) is 6.92 Å². The Balaban J connectivity index is 1.45. The lowest BCUT2D eigenvalue weighted by Gasteiger charge is -2.08. The van der Waals surface area contributed by atoms with E-state index in [0.29, 0.717) is 21.8 Å². The molecule has 1 amide bonds. The van der Waals surface area contributed by atoms with Crippen LogP contribution in [0.1, 0.15) is 32.2 Å². The molecule has 184 valence electrons. The Labute approximate surface area is 225 Å². The molecule has 0 saturated heterocycles. The zero-order chi connectivity index (χ0) is 25.9. The first-order valence-electron chi connectivity index (χ1n) is 11.2. The van der Waals surface area contributed by atoms with E-state index < -0.39 is 11.9 Å². The van der Waals surface area contributed by atoms with E-state index in [0.717, 1.165) is 26.5 Å². The summed E-state index contributed by atoms with van der Waals surface area (Å²) in [6.07, 6.45) is 2.79. The highest BCUT2D eigenvalue weighted by molar-refractivity contribution is 9.10. The molecule has 0 unspecified atom stereocenters. The molecule has 0 aliphatic carbocycles. The van der Waals surface area contributed by atoms with Crippen molar-refractivity contribution >= 4 is 56.5 Å². The summed E-state index contributed by atoms with van der Waals surface area (Å²) in [7, 11) is 0. The number of nitrogens with zero attached hydrogens (tertiary/aromatic N) is 1. The van der Waals surface area contributed by atoms with Crippen LogP contribution in [0.2, 0.25) is 5.02 Å². The van der Waals surface area contributed by atoms with Crippen molar-refractivity contribution in [3.8, 4) is 16.9 Å². The van der Waals surface area contributed by atoms with Gasteiger partial charge in [-0.15, -0.1) is 0 Å². The van der Waals surface area contributed by atoms with Crippen molar-refractivity contribution in [2.75, 3.05) is 0 Å². The van der Waals surface area contributed by atoms with E-state index in [1.807, 2.05) is 43.3 Å². The van der Waals surface area contributed by atoms with Crippen molar-refractivity contribution in [1.82, 2.24) is 10.4 Å². The fraction of sp³-hybridized carbons (Fsp3) is 0.0357. The number of carbonyl (C=O) groups excluding carboxylic acids is 2. The third-order valence-electron chi connectivity index (χ3n) is 5.68. The molecule has 9 heteroatoms. The van der Waals surface area contributed by atoms with Crippen molar-refractivity contribution in [3.05, 3.63) is 111 Å². The number of aromatic amines is 1. The van der Waals surface area contributed by atoms with E-state index >= 15 is 0 Å². The zero-order valence-electron chi connectivity index (χ0n) is 19.4. The quantitative estimate of drug-likeness (QED) is 0.0972. The van der Waals surface area contributed by atoms with E-state index in [1.54, 1.807) is 30.3 Å². The number of aryl methyl sites for hydroxylation is 1. The molecule has 5 rings (SSSR count). The molecule has 2 heterocycles. The van der Waals surface area contributed by atoms with Gasteiger partial charge in [-0.2, -0.15) is 5.10 Å². The van der Waals surface area contributed by atoms with Gasteiger partial charge in [0.1, 0.15) is 11.4 Å². The minimum atomic E-state index is -0.649. The average Bonchev–Trinajstić information content (AvgIpc) is 3.55. The molecule has 0 atom stereocenters. The van der Waals surface area contributed by atoms with Gasteiger partial charge < -0.3 is 14.1 Å². The Bertz CT molecular complexity index is 1660. The molecular formula is C28H19BrClN3O4. The fourth-order valence-electron chi connectivity index (χ4n) is 3.95. The average molecular weight is 577 g/mol. The number of nitrogens with one attached hydrogen (secondary N) is 2. The minimum Gasteiger partial charge on any atom is -0.457 e. The van der Waals surface area contributed by atoms with Gasteiger partial charge in [-0.05, 0) is 48.9 Å². The highest BCUT2D eigenvalue weighted by Gasteiger charge is 2.21. The number of H-pyrrole nitrogens is 1. The second kappa shape index (κ2) is 10.5. The number of hydrogen-bond donors (Lipinski definition) is 2. The maximum Gasteiger partial charge on any atom is 0.379 e. The van der Waals surface area contributed by atoms with Crippen LogP contribution in [-0.2, 0) is 0 Å². The van der Waals surface area contributed by atoms with E-state index in [-0.39, 0.29) is 11.5 Å². The maximum absolute atomic E-state index is 13.3. The largest absolute Gasteiger partial charge is 0.457 e. The molecule has 0 radical (unpaired) electrons. The van der Waals surface area contributed by atoms with Gasteiger partial charge in [0.25, 0.3) is 5.91 Å². The molecule has 0 fully saturated rings. The number of halogens is 2. The van der Waals surface area contributed by atoms with Gasteiger partial charge in [0.15, 0.2) is 0 Å². The zero-order valence-corrected chi connectivity index (χ0v) is 21.8. The monoisotopic (exact) mass is 575 g/mol. The number of para-hydroxylation sites is 1. The third-order valence-corrected chi connectivity index (χ3v) is 6.50. The first kappa shape index (κ1) is 24.5. The maximum atomic E-state index is 13.3. The molecule has 0 aliphatic rings. The standard InChI is InChI=1S/C28H19BrClN3O4/c1-16-6-4-8-20-24(19-7-2-3-9-21(19)30)26(32-25(16)20)27(34)33-31-15-17-14-18(29)11-12-22(17)37-28(35)23-10-5-13-36-23/h2-15,32H,1H3,(H,33,34). The summed E-state index contributed by atoms with van der Waals surface area (Å²) in [5, 5.41) is 5.53. The van der Waals surface area contributed by atoms with Gasteiger partial charge in [-0.1, -0.05) is 63.9 Å². The predicted molar refractivity (Wildman–Crippen MR) is 146 cm³/mol. The second-order valence-corrected chi connectivity index (χ2v) is 9.42. The second-order valence-electron chi connectivity index (χ2n) is 8.10. The molecule has 7 nitrogen and oxygen atoms in total. The lowest BCUT2D eigenvalue weighted by atomic mass is 10.0. The molecule has 0 saturated carbocycles. The van der Waals surface area contributed by atoms with Crippen molar-refractivity contribution < 1.29 is 18.7 Å². The topological polar surface area (TPSA) is 96.7 Å². The number of aromatic nitrogens is 1. The van der Waals surface area contributed by atoms with Gasteiger partial charge in [-0.3, -0.25) is 4.79 Å². The van der Waals surface area contributed by atoms with Crippen molar-refractivity contribution in [2.24, 2.45) is 5.10 Å². The number of ether oxygens (including phenoxy) is 1. The van der Waals surface area contributed by atoms with E-state index in [4.69, 9.17) is 20.8 Å². The minimum absolute atomic E-state index is 0.0697. The van der Waals surface area contributed by atoms with E-state index in [1.165, 1.54) is 18.5 Å². The third kappa shape index (κ3) is 5.07. The van der Waals surface area contributed by atoms with Crippen molar-refractivity contribution in [1.29, 1.82) is 0 Å². The molecule has 0 bridgehead atoms. The smallest absolute Gasteiger partial charge is 0.379 e. The molecule has 2 aromatic heterocycles. The Hall–Kier alpha value is -4.14. The van der Waals surface area contributed by atoms with E-state index in [9.17, 15) is 9.59 Å². The highest BCUT2D eigenvalue weighted by atomic mass is 79.9. The number of furan rings is 1. The summed E-state index contributed by atoms with van der Waals surface area (Å²) in [5.41, 5.74) is 6.61. The predicted octanol–water partition coefficient (Wildman–Crippen LogP) is 7.14. The van der Waals surface area contributed by atoms with Gasteiger partial charge in [0.05, 0.1) is 12.5 Å². The van der Waals surface area contributed by atoms with Crippen LogP contribution in [0.4, 0.5) is 0 Å². The van der Waals surface area contributed by atoms with Gasteiger partial charge in [0, 0.05) is 37.1 Å². The lowest BCUT2D eigenvalue weighted by Crippen LogP contribution is -2.19. The summed E-state index contributed by atoms with van der Waals surface area (Å²) < 4.78 is 11.3. The Kier molecular flexibility index (Phi) is 6.94. The van der Waals surface area contributed by atoms with Crippen LogP contribution in [0.15, 0.2) is 93.1 Å². The number of amides is 1. The molecule has 0 spiro atoms. The van der Waals surface area contributed by atoms with Crippen LogP contribution in [0.5, 0.6) is 5.75 Å². The summed E-state index contributed by atoms with van der Waals surface area (Å²) in [6.45, 7) is 1.97. The summed E-state index contributed by atoms with van der Waals surface area (Å²) in [6, 6.07) is 21.4. The van der Waals surface area contributed by atoms with Crippen LogP contribution in [0.3, 0.4) is 0 Å². The first-order valence-corrected chi connectivity index (χ1v) is 12.3. The van der Waals surface area contributed by atoms with Crippen LogP contribution in [-0.4, -0.2) is 23.1 Å². The molecule has 5 aromatic rings. The molecule has 2 N–H and O–H groups in total. The first-order chi connectivity index (χ1) is 17.9. The SMILES string of the molecule is Cc1cccc2c(-c3ccccc3Cl)c(C(=O)NN=Cc3cc(Br)ccc3OC(=O)c3ccco3)[nH]c12. The Morgan fingerprint density at radius 2 is 1.92 bits per heavy atom. The number of hydrogen-bond acceptors (Lipinski definition) is 5. The van der Waals surface area contributed by atoms with Gasteiger partial charge in [-0.25, -0.2) is 10.2 Å². The molecule has 3 aromatic carbocycles. The van der Waals surface area contributed by atoms with Crippen LogP contribution >= 0.6 is 27.5 Å². The molecule has 0 aliphatic heterocycles. The highest BCUT2D eigenvalue weighted by Crippen LogP contribution is 2.37. The van der Waals surface area contributed by atoms with Crippen molar-refractivity contribution in [3.63, 3.8) is 0 Å². The Morgan fingerprint density at radius 3 is 2.70 bits per heavy atom. The number of esters is 1. The fourth-order valence-corrected chi connectivity index (χ4v) is 4.56. The van der Waals surface area contributed by atoms with Gasteiger partial charge >= 0.3 is 5.97 Å². The van der Waals surface area contributed by atoms with Crippen LogP contribution < -0.4 is 10.2 Å². The Morgan fingerprint density at radius 1 is 1.08 bits per heavy atom. The summed E-state index contributed by atoms with van der Waals surface area (Å²) in [5.74, 6) is -0.782. The number of hydrazone groups is 1. The summed E-state index contributed by atoms with van der Waals surface area (Å²) in [4.78, 5) is 28.9. The normalized spacial score (nSPS) is 11.2. The lowest BCUT2D eigenvalue weighted by molar-refractivity contribution is 0.0700. The molecule has 37 heavy (non-hydrogen) atoms.